The Labute approximate surface area is 126 Å². The van der Waals surface area contributed by atoms with Crippen molar-refractivity contribution in [1.82, 2.24) is 5.32 Å². The SMILES string of the molecule is C[C@H](C(=O)NC[C@@H]1CC[C@@H](C(N)=O)O1)c1ccc(Cl)s1. The Balaban J connectivity index is 1.79. The predicted octanol–water partition coefficient (Wildman–Crippen LogP) is 1.65. The van der Waals surface area contributed by atoms with Gasteiger partial charge in [0.2, 0.25) is 11.8 Å². The quantitative estimate of drug-likeness (QED) is 0.866. The highest BCUT2D eigenvalue weighted by Gasteiger charge is 2.29. The van der Waals surface area contributed by atoms with Gasteiger partial charge in [-0.3, -0.25) is 9.59 Å². The third kappa shape index (κ3) is 3.71. The number of carbonyl (C=O) groups excluding carboxylic acids is 2. The summed E-state index contributed by atoms with van der Waals surface area (Å²) in [5.74, 6) is -0.768. The largest absolute Gasteiger partial charge is 0.367 e. The van der Waals surface area contributed by atoms with Gasteiger partial charge in [0.1, 0.15) is 6.10 Å². The smallest absolute Gasteiger partial charge is 0.246 e. The molecule has 1 fully saturated rings. The Bertz CT molecular complexity index is 506. The summed E-state index contributed by atoms with van der Waals surface area (Å²) in [5.41, 5.74) is 5.18. The molecule has 5 nitrogen and oxygen atoms in total. The molecule has 3 atom stereocenters. The van der Waals surface area contributed by atoms with Crippen LogP contribution >= 0.6 is 22.9 Å². The van der Waals surface area contributed by atoms with E-state index in [0.29, 0.717) is 17.3 Å². The van der Waals surface area contributed by atoms with Gasteiger partial charge in [0, 0.05) is 11.4 Å². The first kappa shape index (κ1) is 15.3. The maximum atomic E-state index is 12.0. The van der Waals surface area contributed by atoms with Crippen LogP contribution in [0, 0.1) is 0 Å². The van der Waals surface area contributed by atoms with E-state index in [1.54, 1.807) is 6.07 Å². The second kappa shape index (κ2) is 6.56. The summed E-state index contributed by atoms with van der Waals surface area (Å²) in [4.78, 5) is 23.9. The van der Waals surface area contributed by atoms with Crippen LogP contribution < -0.4 is 11.1 Å². The van der Waals surface area contributed by atoms with Crippen LogP contribution in [0.3, 0.4) is 0 Å². The molecular weight excluding hydrogens is 300 g/mol. The number of hydrogen-bond acceptors (Lipinski definition) is 4. The summed E-state index contributed by atoms with van der Waals surface area (Å²) in [6.07, 6.45) is 0.681. The highest BCUT2D eigenvalue weighted by atomic mass is 35.5. The first-order chi connectivity index (χ1) is 9.47. The van der Waals surface area contributed by atoms with E-state index < -0.39 is 12.0 Å². The number of primary amides is 1. The van der Waals surface area contributed by atoms with Gasteiger partial charge in [0.05, 0.1) is 16.4 Å². The second-order valence-corrected chi connectivity index (χ2v) is 6.58. The van der Waals surface area contributed by atoms with Gasteiger partial charge in [-0.05, 0) is 31.9 Å². The van der Waals surface area contributed by atoms with E-state index in [0.717, 1.165) is 11.3 Å². The van der Waals surface area contributed by atoms with Crippen molar-refractivity contribution in [2.24, 2.45) is 5.73 Å². The summed E-state index contributed by atoms with van der Waals surface area (Å²) in [6, 6.07) is 3.63. The first-order valence-corrected chi connectivity index (χ1v) is 7.64. The lowest BCUT2D eigenvalue weighted by molar-refractivity contribution is -0.128. The first-order valence-electron chi connectivity index (χ1n) is 6.45. The van der Waals surface area contributed by atoms with Gasteiger partial charge in [0.15, 0.2) is 0 Å². The Morgan fingerprint density at radius 2 is 2.30 bits per heavy atom. The van der Waals surface area contributed by atoms with E-state index in [2.05, 4.69) is 5.32 Å². The third-order valence-electron chi connectivity index (χ3n) is 3.34. The number of amides is 2. The number of hydrogen-bond donors (Lipinski definition) is 2. The molecule has 1 aliphatic heterocycles. The molecule has 2 rings (SSSR count). The van der Waals surface area contributed by atoms with Crippen LogP contribution in [0.15, 0.2) is 12.1 Å². The number of carbonyl (C=O) groups is 2. The fourth-order valence-corrected chi connectivity index (χ4v) is 3.23. The third-order valence-corrected chi connectivity index (χ3v) is 4.76. The molecule has 0 unspecified atom stereocenters. The maximum Gasteiger partial charge on any atom is 0.246 e. The molecule has 0 spiro atoms. The number of nitrogens with one attached hydrogen (secondary N) is 1. The van der Waals surface area contributed by atoms with Crippen molar-refractivity contribution in [2.75, 3.05) is 6.54 Å². The average molecular weight is 317 g/mol. The lowest BCUT2D eigenvalue weighted by Gasteiger charge is -2.15. The number of halogens is 1. The van der Waals surface area contributed by atoms with Crippen molar-refractivity contribution in [3.63, 3.8) is 0 Å². The zero-order chi connectivity index (χ0) is 14.7. The molecule has 3 N–H and O–H groups in total. The molecule has 20 heavy (non-hydrogen) atoms. The van der Waals surface area contributed by atoms with Gasteiger partial charge < -0.3 is 15.8 Å². The Morgan fingerprint density at radius 3 is 2.85 bits per heavy atom. The van der Waals surface area contributed by atoms with Crippen molar-refractivity contribution in [2.45, 2.75) is 37.9 Å². The molecule has 0 radical (unpaired) electrons. The highest BCUT2D eigenvalue weighted by molar-refractivity contribution is 7.16. The van der Waals surface area contributed by atoms with Crippen molar-refractivity contribution in [3.8, 4) is 0 Å². The van der Waals surface area contributed by atoms with E-state index in [4.69, 9.17) is 22.1 Å². The van der Waals surface area contributed by atoms with Gasteiger partial charge in [-0.1, -0.05) is 11.6 Å². The minimum absolute atomic E-state index is 0.0744. The molecular formula is C13H17ClN2O3S. The van der Waals surface area contributed by atoms with Crippen LogP contribution in [0.5, 0.6) is 0 Å². The lowest BCUT2D eigenvalue weighted by Crippen LogP contribution is -2.36. The summed E-state index contributed by atoms with van der Waals surface area (Å²) < 4.78 is 6.12. The molecule has 1 saturated heterocycles. The molecule has 0 aliphatic carbocycles. The van der Waals surface area contributed by atoms with Crippen LogP contribution in [-0.2, 0) is 14.3 Å². The second-order valence-electron chi connectivity index (χ2n) is 4.84. The number of ether oxygens (including phenoxy) is 1. The van der Waals surface area contributed by atoms with Crippen molar-refractivity contribution >= 4 is 34.8 Å². The van der Waals surface area contributed by atoms with E-state index in [9.17, 15) is 9.59 Å². The van der Waals surface area contributed by atoms with Crippen molar-refractivity contribution in [3.05, 3.63) is 21.3 Å². The van der Waals surface area contributed by atoms with E-state index >= 15 is 0 Å². The standard InChI is InChI=1S/C13H17ClN2O3S/c1-7(10-4-5-11(14)20-10)13(18)16-6-8-2-3-9(19-8)12(15)17/h4-5,7-9H,2-3,6H2,1H3,(H2,15,17)(H,16,18)/t7-,8-,9-/m0/s1. The minimum Gasteiger partial charge on any atom is -0.367 e. The minimum atomic E-state index is -0.523. The molecule has 2 amide bonds. The molecule has 0 saturated carbocycles. The fourth-order valence-electron chi connectivity index (χ4n) is 2.12. The van der Waals surface area contributed by atoms with Crippen molar-refractivity contribution < 1.29 is 14.3 Å². The maximum absolute atomic E-state index is 12.0. The number of nitrogens with two attached hydrogens (primary N) is 1. The summed E-state index contributed by atoms with van der Waals surface area (Å²) in [6.45, 7) is 2.23. The summed E-state index contributed by atoms with van der Waals surface area (Å²) >= 11 is 7.26. The summed E-state index contributed by atoms with van der Waals surface area (Å²) in [7, 11) is 0. The Hall–Kier alpha value is -1.11. The molecule has 110 valence electrons. The number of rotatable bonds is 5. The van der Waals surface area contributed by atoms with Gasteiger partial charge in [-0.25, -0.2) is 0 Å². The fraction of sp³-hybridized carbons (Fsp3) is 0.538. The Kier molecular flexibility index (Phi) is 5.01. The Morgan fingerprint density at radius 1 is 1.55 bits per heavy atom. The predicted molar refractivity (Wildman–Crippen MR) is 77.8 cm³/mol. The number of thiophene rings is 1. The van der Waals surface area contributed by atoms with Crippen LogP contribution in [0.2, 0.25) is 4.34 Å². The normalized spacial score (nSPS) is 23.5. The van der Waals surface area contributed by atoms with E-state index in [1.807, 2.05) is 13.0 Å². The van der Waals surface area contributed by atoms with E-state index in [1.165, 1.54) is 11.3 Å². The zero-order valence-corrected chi connectivity index (χ0v) is 12.7. The van der Waals surface area contributed by atoms with Crippen LogP contribution in [0.25, 0.3) is 0 Å². The molecule has 7 heteroatoms. The monoisotopic (exact) mass is 316 g/mol. The average Bonchev–Trinajstić information content (AvgIpc) is 3.03. The van der Waals surface area contributed by atoms with Gasteiger partial charge in [-0.2, -0.15) is 0 Å². The highest BCUT2D eigenvalue weighted by Crippen LogP contribution is 2.28. The lowest BCUT2D eigenvalue weighted by atomic mass is 10.1. The topological polar surface area (TPSA) is 81.4 Å². The molecule has 1 aliphatic rings. The summed E-state index contributed by atoms with van der Waals surface area (Å²) in [5, 5.41) is 2.84. The van der Waals surface area contributed by atoms with Crippen LogP contribution in [0.4, 0.5) is 0 Å². The molecule has 1 aromatic rings. The van der Waals surface area contributed by atoms with Gasteiger partial charge in [-0.15, -0.1) is 11.3 Å². The van der Waals surface area contributed by atoms with Crippen molar-refractivity contribution in [1.29, 1.82) is 0 Å². The molecule has 0 aromatic carbocycles. The molecule has 0 bridgehead atoms. The van der Waals surface area contributed by atoms with E-state index in [-0.39, 0.29) is 17.9 Å². The molecule has 2 heterocycles. The van der Waals surface area contributed by atoms with Crippen LogP contribution in [-0.4, -0.2) is 30.6 Å². The van der Waals surface area contributed by atoms with Gasteiger partial charge >= 0.3 is 0 Å². The van der Waals surface area contributed by atoms with Gasteiger partial charge in [0.25, 0.3) is 0 Å². The van der Waals surface area contributed by atoms with Crippen LogP contribution in [0.1, 0.15) is 30.6 Å². The molecule has 1 aromatic heterocycles. The zero-order valence-electron chi connectivity index (χ0n) is 11.1.